The molecule has 2 aliphatic rings. The van der Waals surface area contributed by atoms with Gasteiger partial charge in [-0.3, -0.25) is 9.59 Å². The Balaban J connectivity index is 1.14. The van der Waals surface area contributed by atoms with Crippen LogP contribution in [-0.2, 0) is 38.6 Å². The van der Waals surface area contributed by atoms with Crippen LogP contribution in [0.5, 0.6) is 0 Å². The van der Waals surface area contributed by atoms with Gasteiger partial charge in [0.15, 0.2) is 0 Å². The smallest absolute Gasteiger partial charge is 0.407 e. The standard InChI is InChI=1S/C46H53N9O10S/c1-26(62-3)39(51-45(58)64-5)43(56)53-20-10-14-35(53)41-47-24-33(49-41)28-16-18-31-32-19-17-29(23-38(32)55(37(31)22-28)66(60,61)30-12-8-7-9-13-30)34-25-48-42(50-34)36-15-11-21-54(36)44(57)40(27(2)63-4)52-46(59)65-6/h7-9,12-13,16-19,22-27,35-36,39-40H,10-11,14-15,20-21H2,1-6H3,(H,47,49)(H,48,50)(H,51,58)(H,52,59)/t26-,27?,35+,36+,39+,40+/m0/s1. The summed E-state index contributed by atoms with van der Waals surface area (Å²) in [5.41, 5.74) is 3.44. The van der Waals surface area contributed by atoms with Crippen molar-refractivity contribution in [1.82, 2.24) is 44.3 Å². The van der Waals surface area contributed by atoms with E-state index in [0.29, 0.717) is 94.7 Å². The number of hydrogen-bond donors (Lipinski definition) is 4. The number of likely N-dealkylation sites (tertiary alicyclic amines) is 2. The minimum atomic E-state index is -4.17. The molecule has 6 atom stereocenters. The van der Waals surface area contributed by atoms with E-state index in [1.54, 1.807) is 66.4 Å². The van der Waals surface area contributed by atoms with Crippen LogP contribution in [0.4, 0.5) is 9.59 Å². The van der Waals surface area contributed by atoms with E-state index < -0.39 is 58.6 Å². The molecule has 5 heterocycles. The van der Waals surface area contributed by atoms with Crippen molar-refractivity contribution in [3.8, 4) is 22.5 Å². The molecule has 0 saturated carbocycles. The lowest BCUT2D eigenvalue weighted by Gasteiger charge is -2.30. The molecule has 2 saturated heterocycles. The van der Waals surface area contributed by atoms with Crippen LogP contribution in [0.2, 0.25) is 0 Å². The van der Waals surface area contributed by atoms with Crippen LogP contribution in [0.15, 0.2) is 84.0 Å². The summed E-state index contributed by atoms with van der Waals surface area (Å²) in [6.45, 7) is 4.29. The quantitative estimate of drug-likeness (QED) is 0.104. The maximum absolute atomic E-state index is 14.8. The predicted molar refractivity (Wildman–Crippen MR) is 243 cm³/mol. The van der Waals surface area contributed by atoms with Crippen LogP contribution < -0.4 is 10.6 Å². The molecule has 2 fully saturated rings. The SMILES string of the molecule is COC(=O)N[C@@H](C(=O)N1CCC[C@@H]1c1ncc(-c2ccc3c4ccc(-c5cnc([C@H]6CCCN6C(=O)[C@H](NC(=O)OC)[C@H](C)OC)[nH]5)cc4n(S(=O)(=O)c4ccccc4)c3c2)[nH]1)C(C)OC. The van der Waals surface area contributed by atoms with Crippen molar-refractivity contribution in [3.63, 3.8) is 0 Å². The van der Waals surface area contributed by atoms with Gasteiger partial charge in [0.05, 0.1) is 78.2 Å². The summed E-state index contributed by atoms with van der Waals surface area (Å²) < 4.78 is 51.3. The highest BCUT2D eigenvalue weighted by Gasteiger charge is 2.40. The van der Waals surface area contributed by atoms with Gasteiger partial charge in [0.25, 0.3) is 10.0 Å². The van der Waals surface area contributed by atoms with Gasteiger partial charge < -0.3 is 49.3 Å². The van der Waals surface area contributed by atoms with Crippen molar-refractivity contribution in [2.45, 2.75) is 80.8 Å². The molecule has 0 radical (unpaired) electrons. The Kier molecular flexibility index (Phi) is 13.2. The minimum Gasteiger partial charge on any atom is -0.453 e. The fourth-order valence-electron chi connectivity index (χ4n) is 8.97. The molecule has 3 aromatic heterocycles. The maximum atomic E-state index is 14.8. The van der Waals surface area contributed by atoms with Gasteiger partial charge in [-0.25, -0.2) is 31.9 Å². The zero-order chi connectivity index (χ0) is 46.9. The first kappa shape index (κ1) is 45.8. The molecule has 8 rings (SSSR count). The number of ether oxygens (including phenoxy) is 4. The lowest BCUT2D eigenvalue weighted by Crippen LogP contribution is -2.54. The number of imidazole rings is 2. The van der Waals surface area contributed by atoms with E-state index in [2.05, 4.69) is 20.6 Å². The molecule has 0 spiro atoms. The van der Waals surface area contributed by atoms with E-state index in [4.69, 9.17) is 28.9 Å². The Morgan fingerprint density at radius 1 is 0.667 bits per heavy atom. The first-order valence-electron chi connectivity index (χ1n) is 21.6. The van der Waals surface area contributed by atoms with Gasteiger partial charge in [0.1, 0.15) is 23.7 Å². The molecule has 348 valence electrons. The minimum absolute atomic E-state index is 0.106. The highest BCUT2D eigenvalue weighted by molar-refractivity contribution is 7.90. The molecular formula is C46H53N9O10S. The topological polar surface area (TPSA) is 232 Å². The summed E-state index contributed by atoms with van der Waals surface area (Å²) >= 11 is 0. The van der Waals surface area contributed by atoms with Crippen molar-refractivity contribution in [3.05, 3.63) is 90.8 Å². The van der Waals surface area contributed by atoms with Crippen molar-refractivity contribution in [2.75, 3.05) is 41.5 Å². The number of hydrogen-bond acceptors (Lipinski definition) is 12. The normalized spacial score (nSPS) is 18.3. The van der Waals surface area contributed by atoms with Gasteiger partial charge in [-0.1, -0.05) is 42.5 Å². The number of nitrogens with one attached hydrogen (secondary N) is 4. The summed E-state index contributed by atoms with van der Waals surface area (Å²) in [6, 6.07) is 16.6. The second-order valence-electron chi connectivity index (χ2n) is 16.4. The Labute approximate surface area is 381 Å². The largest absolute Gasteiger partial charge is 0.453 e. The number of amides is 4. The predicted octanol–water partition coefficient (Wildman–Crippen LogP) is 5.66. The fraction of sp³-hybridized carbons (Fsp3) is 0.391. The van der Waals surface area contributed by atoms with Crippen LogP contribution in [0.1, 0.15) is 63.3 Å². The molecule has 1 unspecified atom stereocenters. The summed E-state index contributed by atoms with van der Waals surface area (Å²) in [4.78, 5) is 71.8. The van der Waals surface area contributed by atoms with Gasteiger partial charge in [0, 0.05) is 49.2 Å². The second kappa shape index (κ2) is 19.0. The van der Waals surface area contributed by atoms with E-state index >= 15 is 0 Å². The average molecular weight is 924 g/mol. The summed E-state index contributed by atoms with van der Waals surface area (Å²) in [6.07, 6.45) is 3.27. The number of methoxy groups -OCH3 is 4. The molecule has 2 aliphatic heterocycles. The number of nitrogens with zero attached hydrogens (tertiary/aromatic N) is 5. The van der Waals surface area contributed by atoms with Crippen LogP contribution in [0.25, 0.3) is 44.3 Å². The van der Waals surface area contributed by atoms with Crippen molar-refractivity contribution < 1.29 is 46.5 Å². The fourth-order valence-corrected chi connectivity index (χ4v) is 10.5. The highest BCUT2D eigenvalue weighted by Crippen LogP contribution is 2.39. The van der Waals surface area contributed by atoms with Crippen molar-refractivity contribution in [1.29, 1.82) is 0 Å². The number of fused-ring (bicyclic) bond motifs is 3. The van der Waals surface area contributed by atoms with Gasteiger partial charge >= 0.3 is 12.2 Å². The lowest BCUT2D eigenvalue weighted by atomic mass is 10.1. The van der Waals surface area contributed by atoms with Crippen LogP contribution in [-0.4, -0.2) is 132 Å². The van der Waals surface area contributed by atoms with E-state index in [1.165, 1.54) is 32.4 Å². The third-order valence-electron chi connectivity index (χ3n) is 12.7. The van der Waals surface area contributed by atoms with Gasteiger partial charge in [-0.2, -0.15) is 0 Å². The number of carbonyl (C=O) groups is 4. The third kappa shape index (κ3) is 8.58. The number of rotatable bonds is 14. The molecule has 19 nitrogen and oxygen atoms in total. The van der Waals surface area contributed by atoms with Gasteiger partial charge in [-0.05, 0) is 63.8 Å². The lowest BCUT2D eigenvalue weighted by molar-refractivity contribution is -0.138. The first-order valence-corrected chi connectivity index (χ1v) is 23.1. The van der Waals surface area contributed by atoms with Crippen molar-refractivity contribution in [2.24, 2.45) is 0 Å². The molecule has 66 heavy (non-hydrogen) atoms. The monoisotopic (exact) mass is 923 g/mol. The molecule has 20 heteroatoms. The number of aromatic nitrogens is 5. The summed E-state index contributed by atoms with van der Waals surface area (Å²) in [7, 11) is 1.21. The average Bonchev–Trinajstić information content (AvgIpc) is 4.20. The Morgan fingerprint density at radius 2 is 1.11 bits per heavy atom. The number of benzene rings is 3. The number of H-pyrrole nitrogens is 2. The zero-order valence-corrected chi connectivity index (χ0v) is 38.3. The van der Waals surface area contributed by atoms with Crippen LogP contribution in [0, 0.1) is 0 Å². The number of aromatic amines is 2. The van der Waals surface area contributed by atoms with E-state index in [9.17, 15) is 27.6 Å². The molecule has 0 aliphatic carbocycles. The molecular weight excluding hydrogens is 871 g/mol. The van der Waals surface area contributed by atoms with Gasteiger partial charge in [0.2, 0.25) is 11.8 Å². The molecule has 4 N–H and O–H groups in total. The van der Waals surface area contributed by atoms with Gasteiger partial charge in [-0.15, -0.1) is 0 Å². The Hall–Kier alpha value is -6.77. The van der Waals surface area contributed by atoms with E-state index in [-0.39, 0.29) is 16.7 Å². The molecule has 0 bridgehead atoms. The molecule has 6 aromatic rings. The zero-order valence-electron chi connectivity index (χ0n) is 37.4. The number of carbonyl (C=O) groups excluding carboxylic acids is 4. The molecule has 4 amide bonds. The summed E-state index contributed by atoms with van der Waals surface area (Å²) in [5.74, 6) is 0.436. The second-order valence-corrected chi connectivity index (χ2v) is 18.2. The number of alkyl carbamates (subject to hydrolysis) is 2. The maximum Gasteiger partial charge on any atom is 0.407 e. The third-order valence-corrected chi connectivity index (χ3v) is 14.4. The van der Waals surface area contributed by atoms with Crippen LogP contribution >= 0.6 is 0 Å². The highest BCUT2D eigenvalue weighted by atomic mass is 32.2. The van der Waals surface area contributed by atoms with Crippen molar-refractivity contribution >= 4 is 55.8 Å². The van der Waals surface area contributed by atoms with E-state index in [0.717, 1.165) is 0 Å². The first-order chi connectivity index (χ1) is 31.8. The van der Waals surface area contributed by atoms with Crippen LogP contribution in [0.3, 0.4) is 0 Å². The Bertz CT molecular complexity index is 2720. The molecule has 3 aromatic carbocycles. The summed E-state index contributed by atoms with van der Waals surface area (Å²) in [5, 5.41) is 6.61. The Morgan fingerprint density at radius 3 is 1.52 bits per heavy atom. The van der Waals surface area contributed by atoms with E-state index in [1.807, 2.05) is 36.4 Å².